The van der Waals surface area contributed by atoms with Crippen molar-refractivity contribution in [2.45, 2.75) is 13.6 Å². The molecule has 1 aromatic rings. The predicted molar refractivity (Wildman–Crippen MR) is 41.2 cm³/mol. The zero-order valence-electron chi connectivity index (χ0n) is 6.04. The van der Waals surface area contributed by atoms with Gasteiger partial charge in [0, 0.05) is 6.20 Å². The molecule has 4 nitrogen and oxygen atoms in total. The fourth-order valence-corrected chi connectivity index (χ4v) is 0.856. The maximum absolute atomic E-state index is 9.88. The minimum absolute atomic E-state index is 0.358. The van der Waals surface area contributed by atoms with Crippen LogP contribution >= 0.6 is 11.6 Å². The van der Waals surface area contributed by atoms with Crippen LogP contribution in [-0.2, 0) is 11.5 Å². The van der Waals surface area contributed by atoms with Crippen molar-refractivity contribution in [3.05, 3.63) is 16.9 Å². The lowest BCUT2D eigenvalue weighted by Crippen LogP contribution is -2.16. The SMILES string of the molecule is Cc1nn(CNC=O)cc1Cl. The summed E-state index contributed by atoms with van der Waals surface area (Å²) in [6.45, 7) is 2.16. The molecule has 0 atom stereocenters. The first-order valence-electron chi connectivity index (χ1n) is 3.10. The van der Waals surface area contributed by atoms with Crippen molar-refractivity contribution in [2.24, 2.45) is 0 Å². The number of carbonyl (C=O) groups is 1. The molecule has 0 radical (unpaired) electrons. The van der Waals surface area contributed by atoms with Gasteiger partial charge < -0.3 is 5.32 Å². The van der Waals surface area contributed by atoms with E-state index in [4.69, 9.17) is 11.6 Å². The average Bonchev–Trinajstić information content (AvgIpc) is 2.28. The lowest BCUT2D eigenvalue weighted by Gasteiger charge is -1.96. The summed E-state index contributed by atoms with van der Waals surface area (Å²) in [4.78, 5) is 9.88. The van der Waals surface area contributed by atoms with Gasteiger partial charge in [0.2, 0.25) is 6.41 Å². The van der Waals surface area contributed by atoms with Crippen LogP contribution in [-0.4, -0.2) is 16.2 Å². The number of carbonyl (C=O) groups excluding carboxylic acids is 1. The number of hydrogen-bond acceptors (Lipinski definition) is 2. The second-order valence-corrected chi connectivity index (χ2v) is 2.49. The Morgan fingerprint density at radius 3 is 3.09 bits per heavy atom. The minimum atomic E-state index is 0.358. The maximum atomic E-state index is 9.88. The van der Waals surface area contributed by atoms with Crippen LogP contribution in [0.15, 0.2) is 6.20 Å². The molecule has 11 heavy (non-hydrogen) atoms. The summed E-state index contributed by atoms with van der Waals surface area (Å²) in [5.74, 6) is 0. The number of aromatic nitrogens is 2. The first-order chi connectivity index (χ1) is 5.24. The lowest BCUT2D eigenvalue weighted by atomic mass is 10.5. The van der Waals surface area contributed by atoms with Gasteiger partial charge in [-0.2, -0.15) is 5.10 Å². The van der Waals surface area contributed by atoms with Gasteiger partial charge in [0.25, 0.3) is 0 Å². The van der Waals surface area contributed by atoms with Crippen molar-refractivity contribution in [3.63, 3.8) is 0 Å². The van der Waals surface area contributed by atoms with Crippen molar-refractivity contribution >= 4 is 18.0 Å². The second kappa shape index (κ2) is 3.39. The Balaban J connectivity index is 2.64. The number of rotatable bonds is 3. The van der Waals surface area contributed by atoms with E-state index >= 15 is 0 Å². The van der Waals surface area contributed by atoms with Crippen LogP contribution in [0.4, 0.5) is 0 Å². The summed E-state index contributed by atoms with van der Waals surface area (Å²) in [5.41, 5.74) is 0.763. The maximum Gasteiger partial charge on any atom is 0.208 e. The third kappa shape index (κ3) is 1.94. The van der Waals surface area contributed by atoms with Gasteiger partial charge in [0.15, 0.2) is 0 Å². The number of nitrogens with one attached hydrogen (secondary N) is 1. The molecular weight excluding hydrogens is 166 g/mol. The third-order valence-electron chi connectivity index (χ3n) is 1.22. The first kappa shape index (κ1) is 8.07. The van der Waals surface area contributed by atoms with Crippen molar-refractivity contribution in [2.75, 3.05) is 0 Å². The first-order valence-corrected chi connectivity index (χ1v) is 3.48. The smallest absolute Gasteiger partial charge is 0.208 e. The van der Waals surface area contributed by atoms with Gasteiger partial charge >= 0.3 is 0 Å². The van der Waals surface area contributed by atoms with E-state index in [9.17, 15) is 4.79 Å². The summed E-state index contributed by atoms with van der Waals surface area (Å²) < 4.78 is 1.56. The van der Waals surface area contributed by atoms with Crippen LogP contribution < -0.4 is 5.32 Å². The van der Waals surface area contributed by atoms with E-state index in [2.05, 4.69) is 10.4 Å². The van der Waals surface area contributed by atoms with E-state index in [0.717, 1.165) is 5.69 Å². The van der Waals surface area contributed by atoms with Crippen LogP contribution in [0.3, 0.4) is 0 Å². The Bertz CT molecular complexity index is 239. The Hall–Kier alpha value is -1.03. The molecule has 0 aliphatic rings. The summed E-state index contributed by atoms with van der Waals surface area (Å²) in [7, 11) is 0. The second-order valence-electron chi connectivity index (χ2n) is 2.08. The largest absolute Gasteiger partial charge is 0.339 e. The molecule has 0 saturated carbocycles. The molecule has 1 aromatic heterocycles. The van der Waals surface area contributed by atoms with Crippen molar-refractivity contribution in [1.82, 2.24) is 15.1 Å². The number of amides is 1. The van der Waals surface area contributed by atoms with E-state index in [1.165, 1.54) is 0 Å². The molecule has 1 N–H and O–H groups in total. The summed E-state index contributed by atoms with van der Waals surface area (Å²) >= 11 is 5.71. The molecule has 0 fully saturated rings. The van der Waals surface area contributed by atoms with Crippen LogP contribution in [0, 0.1) is 6.92 Å². The van der Waals surface area contributed by atoms with Crippen LogP contribution in [0.5, 0.6) is 0 Å². The van der Waals surface area contributed by atoms with Gasteiger partial charge in [-0.1, -0.05) is 11.6 Å². The highest BCUT2D eigenvalue weighted by Crippen LogP contribution is 2.10. The zero-order chi connectivity index (χ0) is 8.27. The van der Waals surface area contributed by atoms with E-state index in [0.29, 0.717) is 18.1 Å². The molecule has 0 spiro atoms. The quantitative estimate of drug-likeness (QED) is 0.679. The number of nitrogens with zero attached hydrogens (tertiary/aromatic N) is 2. The van der Waals surface area contributed by atoms with Gasteiger partial charge in [-0.3, -0.25) is 9.48 Å². The highest BCUT2D eigenvalue weighted by atomic mass is 35.5. The topological polar surface area (TPSA) is 46.9 Å². The summed E-state index contributed by atoms with van der Waals surface area (Å²) in [5, 5.41) is 7.09. The van der Waals surface area contributed by atoms with Crippen LogP contribution in [0.1, 0.15) is 5.69 Å². The third-order valence-corrected chi connectivity index (χ3v) is 1.59. The fraction of sp³-hybridized carbons (Fsp3) is 0.333. The Morgan fingerprint density at radius 2 is 2.64 bits per heavy atom. The Kier molecular flexibility index (Phi) is 2.48. The number of halogens is 1. The van der Waals surface area contributed by atoms with Gasteiger partial charge in [-0.05, 0) is 6.92 Å². The number of hydrogen-bond donors (Lipinski definition) is 1. The molecule has 0 aliphatic carbocycles. The highest BCUT2D eigenvalue weighted by molar-refractivity contribution is 6.31. The molecule has 5 heteroatoms. The van der Waals surface area contributed by atoms with Gasteiger partial charge in [0.05, 0.1) is 10.7 Å². The molecule has 0 saturated heterocycles. The van der Waals surface area contributed by atoms with Crippen molar-refractivity contribution < 1.29 is 4.79 Å². The minimum Gasteiger partial charge on any atom is -0.339 e. The average molecular weight is 174 g/mol. The highest BCUT2D eigenvalue weighted by Gasteiger charge is 1.99. The van der Waals surface area contributed by atoms with E-state index in [1.54, 1.807) is 17.8 Å². The van der Waals surface area contributed by atoms with E-state index in [1.807, 2.05) is 0 Å². The monoisotopic (exact) mass is 173 g/mol. The van der Waals surface area contributed by atoms with Gasteiger partial charge in [-0.25, -0.2) is 0 Å². The van der Waals surface area contributed by atoms with Gasteiger partial charge in [-0.15, -0.1) is 0 Å². The molecule has 0 unspecified atom stereocenters. The molecule has 1 amide bonds. The lowest BCUT2D eigenvalue weighted by molar-refractivity contribution is -0.110. The van der Waals surface area contributed by atoms with Crippen LogP contribution in [0.25, 0.3) is 0 Å². The van der Waals surface area contributed by atoms with Crippen molar-refractivity contribution in [1.29, 1.82) is 0 Å². The molecule has 0 aliphatic heterocycles. The van der Waals surface area contributed by atoms with E-state index < -0.39 is 0 Å². The van der Waals surface area contributed by atoms with E-state index in [-0.39, 0.29) is 0 Å². The molecule has 60 valence electrons. The zero-order valence-corrected chi connectivity index (χ0v) is 6.80. The van der Waals surface area contributed by atoms with Crippen molar-refractivity contribution in [3.8, 4) is 0 Å². The predicted octanol–water partition coefficient (Wildman–Crippen LogP) is 0.548. The van der Waals surface area contributed by atoms with Gasteiger partial charge in [0.1, 0.15) is 6.67 Å². The Morgan fingerprint density at radius 1 is 1.91 bits per heavy atom. The molecule has 0 bridgehead atoms. The summed E-state index contributed by atoms with van der Waals surface area (Å²) in [6, 6.07) is 0. The molecular formula is C6H8ClN3O. The standard InChI is InChI=1S/C6H8ClN3O/c1-5-6(7)2-10(9-5)3-8-4-11/h2,4H,3H2,1H3,(H,8,11). The molecule has 1 rings (SSSR count). The summed E-state index contributed by atoms with van der Waals surface area (Å²) in [6.07, 6.45) is 2.28. The molecule has 0 aromatic carbocycles. The molecule has 1 heterocycles. The van der Waals surface area contributed by atoms with Crippen LogP contribution in [0.2, 0.25) is 5.02 Å². The normalized spacial score (nSPS) is 9.64. The Labute approximate surface area is 69.1 Å². The number of aryl methyl sites for hydroxylation is 1. The fourth-order valence-electron chi connectivity index (χ4n) is 0.705.